The van der Waals surface area contributed by atoms with Gasteiger partial charge in [0.1, 0.15) is 11.0 Å². The molecular formula is C15H21NO6S. The molecule has 3 N–H and O–H groups in total. The topological polar surface area (TPSA) is 113 Å². The van der Waals surface area contributed by atoms with Crippen molar-refractivity contribution >= 4 is 21.7 Å². The number of aromatic hydroxyl groups is 1. The zero-order chi connectivity index (χ0) is 17.0. The first-order valence-electron chi connectivity index (χ1n) is 7.55. The van der Waals surface area contributed by atoms with Crippen LogP contribution >= 0.6 is 0 Å². The summed E-state index contributed by atoms with van der Waals surface area (Å²) in [5.74, 6) is -0.968. The molecule has 0 aromatic heterocycles. The number of hydrogen-bond acceptors (Lipinski definition) is 6. The summed E-state index contributed by atoms with van der Waals surface area (Å²) in [6.45, 7) is 1.86. The highest BCUT2D eigenvalue weighted by Crippen LogP contribution is 2.30. The average molecular weight is 343 g/mol. The monoisotopic (exact) mass is 343 g/mol. The van der Waals surface area contributed by atoms with E-state index in [1.54, 1.807) is 6.92 Å². The predicted octanol–water partition coefficient (Wildman–Crippen LogP) is 1.61. The minimum Gasteiger partial charge on any atom is -0.506 e. The maximum atomic E-state index is 12.4. The summed E-state index contributed by atoms with van der Waals surface area (Å²) in [5, 5.41) is 18.9. The number of benzene rings is 1. The fraction of sp³-hybridized carbons (Fsp3) is 0.533. The van der Waals surface area contributed by atoms with Gasteiger partial charge in [-0.1, -0.05) is 12.8 Å². The zero-order valence-electron chi connectivity index (χ0n) is 12.9. The van der Waals surface area contributed by atoms with Crippen molar-refractivity contribution in [2.24, 2.45) is 0 Å². The Bertz CT molecular complexity index is 673. The number of aliphatic hydroxyl groups is 1. The smallest absolute Gasteiger partial charge is 0.338 e. The lowest BCUT2D eigenvalue weighted by Crippen LogP contribution is -2.40. The molecule has 0 radical (unpaired) electrons. The van der Waals surface area contributed by atoms with Crippen LogP contribution < -0.4 is 4.72 Å². The number of anilines is 1. The van der Waals surface area contributed by atoms with Crippen molar-refractivity contribution in [3.8, 4) is 5.75 Å². The zero-order valence-corrected chi connectivity index (χ0v) is 13.7. The van der Waals surface area contributed by atoms with Crippen LogP contribution in [0.15, 0.2) is 18.2 Å². The number of carbonyl (C=O) groups excluding carboxylic acids is 1. The second-order valence-electron chi connectivity index (χ2n) is 5.49. The molecule has 0 heterocycles. The first-order valence-corrected chi connectivity index (χ1v) is 9.09. The molecule has 1 aromatic carbocycles. The van der Waals surface area contributed by atoms with Crippen molar-refractivity contribution < 1.29 is 28.2 Å². The van der Waals surface area contributed by atoms with Crippen molar-refractivity contribution in [1.82, 2.24) is 0 Å². The van der Waals surface area contributed by atoms with Crippen LogP contribution in [-0.4, -0.2) is 42.6 Å². The second-order valence-corrected chi connectivity index (χ2v) is 7.39. The van der Waals surface area contributed by atoms with E-state index in [4.69, 9.17) is 4.74 Å². The van der Waals surface area contributed by atoms with Crippen molar-refractivity contribution in [3.63, 3.8) is 0 Å². The Morgan fingerprint density at radius 1 is 1.35 bits per heavy atom. The molecule has 8 heteroatoms. The highest BCUT2D eigenvalue weighted by Gasteiger charge is 2.34. The van der Waals surface area contributed by atoms with Crippen LogP contribution in [0.2, 0.25) is 0 Å². The summed E-state index contributed by atoms with van der Waals surface area (Å²) in [4.78, 5) is 11.6. The number of ether oxygens (including phenoxy) is 1. The first kappa shape index (κ1) is 17.6. The van der Waals surface area contributed by atoms with Crippen LogP contribution in [-0.2, 0) is 14.8 Å². The molecule has 1 saturated carbocycles. The highest BCUT2D eigenvalue weighted by molar-refractivity contribution is 7.93. The standard InChI is InChI=1S/C15H21NO6S/c1-2-22-15(19)10-7-8-11(13(18)9-10)16-23(20,21)14-6-4-3-5-12(14)17/h7-9,12,14,16-18H,2-6H2,1H3/t12-,14-/m0/s1. The second kappa shape index (κ2) is 7.18. The van der Waals surface area contributed by atoms with Crippen LogP contribution in [0.5, 0.6) is 5.75 Å². The number of esters is 1. The molecule has 0 unspecified atom stereocenters. The normalized spacial score (nSPS) is 21.7. The van der Waals surface area contributed by atoms with Gasteiger partial charge in [-0.05, 0) is 38.0 Å². The van der Waals surface area contributed by atoms with E-state index in [1.165, 1.54) is 12.1 Å². The third-order valence-corrected chi connectivity index (χ3v) is 5.68. The summed E-state index contributed by atoms with van der Waals surface area (Å²) in [7, 11) is -3.83. The molecule has 0 spiro atoms. The molecule has 1 aliphatic carbocycles. The van der Waals surface area contributed by atoms with E-state index >= 15 is 0 Å². The SMILES string of the molecule is CCOC(=O)c1ccc(NS(=O)(=O)[C@H]2CCCC[C@@H]2O)c(O)c1. The van der Waals surface area contributed by atoms with E-state index in [2.05, 4.69) is 4.72 Å². The molecule has 0 saturated heterocycles. The third-order valence-electron chi connectivity index (χ3n) is 3.83. The number of aliphatic hydroxyl groups excluding tert-OH is 1. The summed E-state index contributed by atoms with van der Waals surface area (Å²) < 4.78 is 31.8. The van der Waals surface area contributed by atoms with E-state index in [9.17, 15) is 23.4 Å². The Morgan fingerprint density at radius 3 is 2.65 bits per heavy atom. The molecule has 2 rings (SSSR count). The molecule has 0 aliphatic heterocycles. The molecule has 0 bridgehead atoms. The summed E-state index contributed by atoms with van der Waals surface area (Å²) in [5.41, 5.74) is 0.0980. The van der Waals surface area contributed by atoms with Gasteiger partial charge in [0.2, 0.25) is 10.0 Å². The van der Waals surface area contributed by atoms with Gasteiger partial charge in [-0.25, -0.2) is 13.2 Å². The van der Waals surface area contributed by atoms with Crippen molar-refractivity contribution in [2.75, 3.05) is 11.3 Å². The van der Waals surface area contributed by atoms with Gasteiger partial charge in [0.15, 0.2) is 0 Å². The van der Waals surface area contributed by atoms with Gasteiger partial charge in [0.25, 0.3) is 0 Å². The molecule has 2 atom stereocenters. The molecular weight excluding hydrogens is 322 g/mol. The van der Waals surface area contributed by atoms with Crippen molar-refractivity contribution in [2.45, 2.75) is 44.0 Å². The Hall–Kier alpha value is -1.80. The van der Waals surface area contributed by atoms with Crippen LogP contribution in [0.1, 0.15) is 43.0 Å². The number of sulfonamides is 1. The van der Waals surface area contributed by atoms with Gasteiger partial charge in [-0.15, -0.1) is 0 Å². The Labute approximate surface area is 135 Å². The Morgan fingerprint density at radius 2 is 2.04 bits per heavy atom. The molecule has 1 aromatic rings. The van der Waals surface area contributed by atoms with Crippen LogP contribution in [0.4, 0.5) is 5.69 Å². The largest absolute Gasteiger partial charge is 0.506 e. The van der Waals surface area contributed by atoms with Gasteiger partial charge in [-0.3, -0.25) is 4.72 Å². The first-order chi connectivity index (χ1) is 10.8. The predicted molar refractivity (Wildman–Crippen MR) is 84.9 cm³/mol. The summed E-state index contributed by atoms with van der Waals surface area (Å²) in [6, 6.07) is 3.81. The lowest BCUT2D eigenvalue weighted by Gasteiger charge is -2.27. The van der Waals surface area contributed by atoms with Gasteiger partial charge >= 0.3 is 5.97 Å². The number of carbonyl (C=O) groups is 1. The third kappa shape index (κ3) is 4.14. The van der Waals surface area contributed by atoms with E-state index in [-0.39, 0.29) is 23.6 Å². The molecule has 23 heavy (non-hydrogen) atoms. The fourth-order valence-electron chi connectivity index (χ4n) is 2.63. The molecule has 7 nitrogen and oxygen atoms in total. The number of hydrogen-bond donors (Lipinski definition) is 3. The Balaban J connectivity index is 2.17. The van der Waals surface area contributed by atoms with Gasteiger partial charge < -0.3 is 14.9 Å². The van der Waals surface area contributed by atoms with E-state index in [0.717, 1.165) is 18.9 Å². The lowest BCUT2D eigenvalue weighted by molar-refractivity contribution is 0.0526. The maximum Gasteiger partial charge on any atom is 0.338 e. The van der Waals surface area contributed by atoms with E-state index < -0.39 is 27.3 Å². The van der Waals surface area contributed by atoms with Gasteiger partial charge in [-0.2, -0.15) is 0 Å². The van der Waals surface area contributed by atoms with Crippen molar-refractivity contribution in [1.29, 1.82) is 0 Å². The van der Waals surface area contributed by atoms with Gasteiger partial charge in [0, 0.05) is 0 Å². The Kier molecular flexibility index (Phi) is 5.48. The minimum absolute atomic E-state index is 0.0316. The number of rotatable bonds is 5. The summed E-state index contributed by atoms with van der Waals surface area (Å²) in [6.07, 6.45) is 1.43. The minimum atomic E-state index is -3.83. The number of phenols is 1. The van der Waals surface area contributed by atoms with Crippen molar-refractivity contribution in [3.05, 3.63) is 23.8 Å². The van der Waals surface area contributed by atoms with Crippen LogP contribution in [0, 0.1) is 0 Å². The molecule has 1 fully saturated rings. The average Bonchev–Trinajstić information content (AvgIpc) is 2.49. The lowest BCUT2D eigenvalue weighted by atomic mass is 9.97. The number of phenolic OH excluding ortho intramolecular Hbond substituents is 1. The molecule has 0 amide bonds. The summed E-state index contributed by atoms with van der Waals surface area (Å²) >= 11 is 0. The number of nitrogens with one attached hydrogen (secondary N) is 1. The van der Waals surface area contributed by atoms with Gasteiger partial charge in [0.05, 0.1) is 24.0 Å². The van der Waals surface area contributed by atoms with E-state index in [0.29, 0.717) is 12.8 Å². The molecule has 128 valence electrons. The van der Waals surface area contributed by atoms with Crippen LogP contribution in [0.25, 0.3) is 0 Å². The quantitative estimate of drug-likeness (QED) is 0.553. The fourth-order valence-corrected chi connectivity index (χ4v) is 4.28. The van der Waals surface area contributed by atoms with E-state index in [1.807, 2.05) is 0 Å². The maximum absolute atomic E-state index is 12.4. The van der Waals surface area contributed by atoms with Crippen LogP contribution in [0.3, 0.4) is 0 Å². The molecule has 1 aliphatic rings. The highest BCUT2D eigenvalue weighted by atomic mass is 32.2.